The van der Waals surface area contributed by atoms with E-state index in [2.05, 4.69) is 86.5 Å². The minimum absolute atomic E-state index is 0. The molecule has 0 N–H and O–H groups in total. The number of hydrogen-bond acceptors (Lipinski definition) is 8. The van der Waals surface area contributed by atoms with Gasteiger partial charge in [0.1, 0.15) is 16.7 Å². The standard InChI is InChI=1S/C37H36N2O6S2.2Na/c1-3-38(26-28-10-8-14-35(24-28)46-45-44-40)33-20-16-31(17-21-33)37(30-12-6-5-7-13-30)32-18-22-34(23-19-32)39(4-2)27-29-11-9-15-36(25-29)47(41,42)43;;/h5-25H,3-4,26-27H2,1-2H3,(H-,40,41,42,43);;/q;2*+1/p-1. The van der Waals surface area contributed by atoms with E-state index < -0.39 is 10.1 Å². The molecule has 0 bridgehead atoms. The summed E-state index contributed by atoms with van der Waals surface area (Å²) in [6.45, 7) is 6.81. The van der Waals surface area contributed by atoms with Crippen LogP contribution in [0.5, 0.6) is 0 Å². The fourth-order valence-corrected chi connectivity index (χ4v) is 6.52. The van der Waals surface area contributed by atoms with Crippen LogP contribution < -0.4 is 69.3 Å². The molecule has 4 aromatic rings. The van der Waals surface area contributed by atoms with Crippen LogP contribution in [0.1, 0.15) is 36.1 Å². The second-order valence-corrected chi connectivity index (χ2v) is 13.0. The Morgan fingerprint density at radius 1 is 0.796 bits per heavy atom. The summed E-state index contributed by atoms with van der Waals surface area (Å²) in [5.74, 6) is 0. The molecule has 1 aliphatic rings. The molecule has 0 heterocycles. The van der Waals surface area contributed by atoms with Crippen LogP contribution in [0.2, 0.25) is 0 Å². The van der Waals surface area contributed by atoms with Crippen molar-refractivity contribution in [3.8, 4) is 0 Å². The maximum atomic E-state index is 11.5. The average molecular weight is 714 g/mol. The molecular weight excluding hydrogens is 679 g/mol. The van der Waals surface area contributed by atoms with E-state index in [0.717, 1.165) is 68.3 Å². The smallest absolute Gasteiger partial charge is 0.744 e. The molecule has 0 aliphatic heterocycles. The van der Waals surface area contributed by atoms with Gasteiger partial charge in [0.25, 0.3) is 0 Å². The maximum Gasteiger partial charge on any atom is 1.00 e. The predicted molar refractivity (Wildman–Crippen MR) is 182 cm³/mol. The molecule has 49 heavy (non-hydrogen) atoms. The summed E-state index contributed by atoms with van der Waals surface area (Å²) in [6.07, 6.45) is 8.36. The Bertz CT molecular complexity index is 1910. The average Bonchev–Trinajstić information content (AvgIpc) is 3.10. The predicted octanol–water partition coefficient (Wildman–Crippen LogP) is 0.457. The fourth-order valence-electron chi connectivity index (χ4n) is 5.54. The molecule has 0 fully saturated rings. The Morgan fingerprint density at radius 2 is 1.45 bits per heavy atom. The zero-order valence-electron chi connectivity index (χ0n) is 28.1. The Morgan fingerprint density at radius 3 is 2.08 bits per heavy atom. The molecular formula is C37H35N2Na2O6S2+. The van der Waals surface area contributed by atoms with E-state index in [1.807, 2.05) is 55.5 Å². The van der Waals surface area contributed by atoms with Gasteiger partial charge in [-0.3, -0.25) is 5.04 Å². The van der Waals surface area contributed by atoms with Crippen molar-refractivity contribution in [2.45, 2.75) is 36.7 Å². The van der Waals surface area contributed by atoms with Crippen LogP contribution in [0.25, 0.3) is 5.57 Å². The maximum absolute atomic E-state index is 11.5. The van der Waals surface area contributed by atoms with Crippen molar-refractivity contribution in [2.75, 3.05) is 18.0 Å². The Kier molecular flexibility index (Phi) is 16.7. The van der Waals surface area contributed by atoms with Crippen LogP contribution in [0.4, 0.5) is 5.69 Å². The summed E-state index contributed by atoms with van der Waals surface area (Å²) in [4.78, 5) is 2.84. The van der Waals surface area contributed by atoms with Gasteiger partial charge in [-0.2, -0.15) is 4.33 Å². The molecule has 5 rings (SSSR count). The van der Waals surface area contributed by atoms with E-state index in [1.54, 1.807) is 6.07 Å². The quantitative estimate of drug-likeness (QED) is 0.0492. The van der Waals surface area contributed by atoms with Crippen molar-refractivity contribution in [1.29, 1.82) is 0 Å². The van der Waals surface area contributed by atoms with Gasteiger partial charge >= 0.3 is 59.1 Å². The summed E-state index contributed by atoms with van der Waals surface area (Å²) < 4.78 is 41.2. The Hall–Kier alpha value is -2.29. The van der Waals surface area contributed by atoms with Gasteiger partial charge in [-0.25, -0.2) is 13.0 Å². The third-order valence-electron chi connectivity index (χ3n) is 7.86. The van der Waals surface area contributed by atoms with Gasteiger partial charge in [0.2, 0.25) is 0 Å². The number of rotatable bonds is 13. The summed E-state index contributed by atoms with van der Waals surface area (Å²) in [7, 11) is -4.52. The number of nitrogens with zero attached hydrogens (tertiary/aromatic N) is 2. The molecule has 1 aliphatic carbocycles. The zero-order valence-corrected chi connectivity index (χ0v) is 33.7. The van der Waals surface area contributed by atoms with Crippen molar-refractivity contribution in [2.24, 2.45) is 0 Å². The van der Waals surface area contributed by atoms with Crippen molar-refractivity contribution in [3.63, 3.8) is 0 Å². The van der Waals surface area contributed by atoms with Crippen LogP contribution in [0.15, 0.2) is 143 Å². The molecule has 0 aromatic heterocycles. The Balaban J connectivity index is 0.00000325. The van der Waals surface area contributed by atoms with Gasteiger partial charge in [0.05, 0.1) is 16.9 Å². The number of anilines is 1. The molecule has 0 unspecified atom stereocenters. The topological polar surface area (TPSA) is 105 Å². The first-order valence-corrected chi connectivity index (χ1v) is 17.3. The normalized spacial score (nSPS) is 12.2. The van der Waals surface area contributed by atoms with Crippen molar-refractivity contribution < 1.29 is 91.3 Å². The number of allylic oxidation sites excluding steroid dienone is 5. The largest absolute Gasteiger partial charge is 1.00 e. The van der Waals surface area contributed by atoms with Gasteiger partial charge < -0.3 is 14.7 Å². The number of benzene rings is 4. The fraction of sp³-hybridized carbons (Fsp3) is 0.162. The van der Waals surface area contributed by atoms with Crippen molar-refractivity contribution >= 4 is 39.1 Å². The summed E-state index contributed by atoms with van der Waals surface area (Å²) in [6, 6.07) is 32.9. The molecule has 8 nitrogen and oxygen atoms in total. The molecule has 0 saturated carbocycles. The van der Waals surface area contributed by atoms with Crippen molar-refractivity contribution in [1.82, 2.24) is 0 Å². The van der Waals surface area contributed by atoms with E-state index in [4.69, 9.17) is 0 Å². The SMILES string of the molecule is CCN(Cc1cccc(SOO[O-])c1)c1ccc(C(=C2C=CC(=[N+](CC)Cc3cccc(S(=O)(=O)[O-])c3)C=C2)c2ccccc2)cc1.[Na+].[Na+]. The van der Waals surface area contributed by atoms with Gasteiger partial charge in [-0.05, 0) is 90.2 Å². The molecule has 0 spiro atoms. The monoisotopic (exact) mass is 713 g/mol. The van der Waals surface area contributed by atoms with Crippen LogP contribution in [0.3, 0.4) is 0 Å². The van der Waals surface area contributed by atoms with E-state index >= 15 is 0 Å². The van der Waals surface area contributed by atoms with Gasteiger partial charge in [0, 0.05) is 41.4 Å². The molecule has 4 aromatic carbocycles. The van der Waals surface area contributed by atoms with E-state index in [0.29, 0.717) is 19.6 Å². The molecule has 0 amide bonds. The first-order valence-electron chi connectivity index (χ1n) is 15.2. The summed E-state index contributed by atoms with van der Waals surface area (Å²) in [5.41, 5.74) is 8.26. The van der Waals surface area contributed by atoms with E-state index in [9.17, 15) is 18.2 Å². The molecule has 12 heteroatoms. The first-order chi connectivity index (χ1) is 22.8. The summed E-state index contributed by atoms with van der Waals surface area (Å²) in [5, 5.41) is 13.7. The minimum atomic E-state index is -4.52. The second kappa shape index (κ2) is 19.9. The van der Waals surface area contributed by atoms with Crippen LogP contribution >= 0.6 is 12.0 Å². The third-order valence-corrected chi connectivity index (χ3v) is 9.26. The van der Waals surface area contributed by atoms with Crippen LogP contribution in [-0.4, -0.2) is 36.3 Å². The summed E-state index contributed by atoms with van der Waals surface area (Å²) >= 11 is 0.882. The van der Waals surface area contributed by atoms with Crippen molar-refractivity contribution in [3.05, 3.63) is 155 Å². The third kappa shape index (κ3) is 11.4. The van der Waals surface area contributed by atoms with Gasteiger partial charge in [-0.15, -0.1) is 0 Å². The Labute approximate surface area is 337 Å². The molecule has 242 valence electrons. The molecule has 0 atom stereocenters. The van der Waals surface area contributed by atoms with Gasteiger partial charge in [0.15, 0.2) is 12.3 Å². The molecule has 0 saturated heterocycles. The van der Waals surface area contributed by atoms with Crippen LogP contribution in [-0.2, 0) is 32.6 Å². The van der Waals surface area contributed by atoms with Crippen LogP contribution in [0, 0.1) is 0 Å². The van der Waals surface area contributed by atoms with E-state index in [1.165, 1.54) is 12.1 Å². The zero-order chi connectivity index (χ0) is 33.2. The number of hydrogen-bond donors (Lipinski definition) is 0. The first kappa shape index (κ1) is 41.1. The minimum Gasteiger partial charge on any atom is -0.744 e. The van der Waals surface area contributed by atoms with Gasteiger partial charge in [-0.1, -0.05) is 66.7 Å². The molecule has 0 radical (unpaired) electrons. The second-order valence-electron chi connectivity index (χ2n) is 10.8. The van der Waals surface area contributed by atoms with E-state index in [-0.39, 0.29) is 64.0 Å².